The van der Waals surface area contributed by atoms with Crippen LogP contribution in [-0.2, 0) is 14.3 Å². The molecule has 1 rings (SSSR count). The molecule has 2 unspecified atom stereocenters. The number of hydrogen-bond donors (Lipinski definition) is 2. The van der Waals surface area contributed by atoms with Crippen LogP contribution in [0.15, 0.2) is 24.3 Å². The van der Waals surface area contributed by atoms with E-state index in [1.165, 1.54) is 0 Å². The molecule has 0 saturated heterocycles. The molecule has 0 aromatic heterocycles. The van der Waals surface area contributed by atoms with Gasteiger partial charge in [0.05, 0.1) is 0 Å². The first-order valence-corrected chi connectivity index (χ1v) is 13.2. The van der Waals surface area contributed by atoms with Crippen molar-refractivity contribution in [2.45, 2.75) is 104 Å². The fourth-order valence-corrected chi connectivity index (χ4v) is 3.91. The van der Waals surface area contributed by atoms with Crippen LogP contribution in [0.25, 0.3) is 0 Å². The van der Waals surface area contributed by atoms with Crippen LogP contribution in [0.5, 0.6) is 0 Å². The zero-order valence-electron chi connectivity index (χ0n) is 23.0. The van der Waals surface area contributed by atoms with Crippen molar-refractivity contribution < 1.29 is 19.1 Å². The lowest BCUT2D eigenvalue weighted by Crippen LogP contribution is -2.49. The Kier molecular flexibility index (Phi) is 13.7. The highest BCUT2D eigenvalue weighted by molar-refractivity contribution is 5.90. The van der Waals surface area contributed by atoms with Gasteiger partial charge in [-0.15, -0.1) is 6.42 Å². The highest BCUT2D eigenvalue weighted by Gasteiger charge is 2.32. The largest absolute Gasteiger partial charge is 0.444 e. The Morgan fingerprint density at radius 1 is 1.03 bits per heavy atom. The number of carbonyl (C=O) groups is 3. The van der Waals surface area contributed by atoms with Crippen LogP contribution in [-0.4, -0.2) is 47.5 Å². The van der Waals surface area contributed by atoms with Gasteiger partial charge in [-0.2, -0.15) is 0 Å². The van der Waals surface area contributed by atoms with Gasteiger partial charge in [-0.25, -0.2) is 4.79 Å². The van der Waals surface area contributed by atoms with Crippen molar-refractivity contribution in [1.82, 2.24) is 15.5 Å². The number of nitrogens with one attached hydrogen (secondary N) is 2. The van der Waals surface area contributed by atoms with E-state index in [0.29, 0.717) is 17.7 Å². The third-order valence-corrected chi connectivity index (χ3v) is 5.67. The molecule has 0 heterocycles. The Morgan fingerprint density at radius 3 is 2.22 bits per heavy atom. The van der Waals surface area contributed by atoms with Crippen LogP contribution < -0.4 is 10.6 Å². The van der Waals surface area contributed by atoms with Gasteiger partial charge in [-0.1, -0.05) is 64.0 Å². The predicted molar refractivity (Wildman–Crippen MR) is 144 cm³/mol. The molecule has 3 amide bonds. The zero-order valence-corrected chi connectivity index (χ0v) is 23.0. The van der Waals surface area contributed by atoms with E-state index in [1.54, 1.807) is 49.9 Å². The summed E-state index contributed by atoms with van der Waals surface area (Å²) in [6.45, 7) is 11.6. The van der Waals surface area contributed by atoms with Gasteiger partial charge in [-0.05, 0) is 58.2 Å². The Balaban J connectivity index is 3.22. The van der Waals surface area contributed by atoms with Crippen LogP contribution in [0.1, 0.15) is 104 Å². The maximum absolute atomic E-state index is 13.5. The molecule has 0 aliphatic carbocycles. The second-order valence-electron chi connectivity index (χ2n) is 10.2. The first kappa shape index (κ1) is 31.0. The molecule has 1 aromatic rings. The Labute approximate surface area is 217 Å². The lowest BCUT2D eigenvalue weighted by Gasteiger charge is -2.32. The van der Waals surface area contributed by atoms with Crippen molar-refractivity contribution in [2.24, 2.45) is 0 Å². The SMILES string of the molecule is C#Cc1ccc(C(C(=O)NC(C)CCC)N(CCCCCCC)C(=O)CNC(=O)OC(C)(C)C)cc1. The number of alkyl carbamates (subject to hydrolysis) is 1. The van der Waals surface area contributed by atoms with Crippen molar-refractivity contribution in [3.63, 3.8) is 0 Å². The second kappa shape index (κ2) is 15.9. The number of ether oxygens (including phenoxy) is 1. The number of nitrogens with zero attached hydrogens (tertiary/aromatic N) is 1. The van der Waals surface area contributed by atoms with E-state index in [4.69, 9.17) is 11.2 Å². The van der Waals surface area contributed by atoms with Crippen LogP contribution in [0.3, 0.4) is 0 Å². The van der Waals surface area contributed by atoms with Crippen molar-refractivity contribution in [1.29, 1.82) is 0 Å². The van der Waals surface area contributed by atoms with Gasteiger partial charge in [0.1, 0.15) is 18.2 Å². The summed E-state index contributed by atoms with van der Waals surface area (Å²) in [4.78, 5) is 40.7. The molecule has 0 spiro atoms. The average Bonchev–Trinajstić information content (AvgIpc) is 2.81. The van der Waals surface area contributed by atoms with E-state index in [9.17, 15) is 14.4 Å². The first-order valence-electron chi connectivity index (χ1n) is 13.2. The molecule has 0 saturated carbocycles. The molecule has 7 heteroatoms. The maximum atomic E-state index is 13.5. The molecule has 1 aromatic carbocycles. The number of unbranched alkanes of at least 4 members (excludes halogenated alkanes) is 4. The van der Waals surface area contributed by atoms with Gasteiger partial charge in [0.2, 0.25) is 11.8 Å². The normalized spacial score (nSPS) is 12.7. The quantitative estimate of drug-likeness (QED) is 0.267. The molecule has 0 radical (unpaired) electrons. The van der Waals surface area contributed by atoms with Gasteiger partial charge in [0, 0.05) is 18.2 Å². The molecular formula is C29H45N3O4. The smallest absolute Gasteiger partial charge is 0.408 e. The molecular weight excluding hydrogens is 454 g/mol. The van der Waals surface area contributed by atoms with Crippen LogP contribution >= 0.6 is 0 Å². The zero-order chi connectivity index (χ0) is 27.1. The lowest BCUT2D eigenvalue weighted by atomic mass is 10.0. The average molecular weight is 500 g/mol. The van der Waals surface area contributed by atoms with Crippen molar-refractivity contribution in [3.05, 3.63) is 35.4 Å². The van der Waals surface area contributed by atoms with E-state index < -0.39 is 17.7 Å². The van der Waals surface area contributed by atoms with Crippen molar-refractivity contribution in [2.75, 3.05) is 13.1 Å². The highest BCUT2D eigenvalue weighted by atomic mass is 16.6. The lowest BCUT2D eigenvalue weighted by molar-refractivity contribution is -0.140. The summed E-state index contributed by atoms with van der Waals surface area (Å²) in [5, 5.41) is 5.61. The number of benzene rings is 1. The number of terminal acetylenes is 1. The highest BCUT2D eigenvalue weighted by Crippen LogP contribution is 2.24. The molecule has 0 fully saturated rings. The molecule has 7 nitrogen and oxygen atoms in total. The Bertz CT molecular complexity index is 868. The predicted octanol–water partition coefficient (Wildman–Crippen LogP) is 5.34. The van der Waals surface area contributed by atoms with Gasteiger partial charge in [0.15, 0.2) is 0 Å². The summed E-state index contributed by atoms with van der Waals surface area (Å²) in [6.07, 6.45) is 11.6. The maximum Gasteiger partial charge on any atom is 0.408 e. The summed E-state index contributed by atoms with van der Waals surface area (Å²) < 4.78 is 5.27. The van der Waals surface area contributed by atoms with Crippen LogP contribution in [0.2, 0.25) is 0 Å². The monoisotopic (exact) mass is 499 g/mol. The van der Waals surface area contributed by atoms with Crippen molar-refractivity contribution in [3.8, 4) is 12.3 Å². The third-order valence-electron chi connectivity index (χ3n) is 5.67. The number of carbonyl (C=O) groups excluding carboxylic acids is 3. The Morgan fingerprint density at radius 2 is 1.67 bits per heavy atom. The first-order chi connectivity index (χ1) is 17.0. The number of hydrogen-bond acceptors (Lipinski definition) is 4. The minimum atomic E-state index is -0.838. The Hall–Kier alpha value is -3.01. The standard InChI is InChI=1S/C29H45N3O4/c1-8-11-12-13-14-20-32(25(33)21-30-28(35)36-29(5,6)7)26(27(34)31-22(4)15-9-2)24-18-16-23(10-3)17-19-24/h3,16-19,22,26H,8-9,11-15,20-21H2,1-2,4-7H3,(H,30,35)(H,31,34). The van der Waals surface area contributed by atoms with E-state index in [2.05, 4.69) is 30.4 Å². The fourth-order valence-electron chi connectivity index (χ4n) is 3.91. The van der Waals surface area contributed by atoms with E-state index >= 15 is 0 Å². The second-order valence-corrected chi connectivity index (χ2v) is 10.2. The van der Waals surface area contributed by atoms with Crippen molar-refractivity contribution >= 4 is 17.9 Å². The van der Waals surface area contributed by atoms with Gasteiger partial charge in [-0.3, -0.25) is 9.59 Å². The summed E-state index contributed by atoms with van der Waals surface area (Å²) in [5.41, 5.74) is 0.693. The van der Waals surface area contributed by atoms with E-state index in [0.717, 1.165) is 44.9 Å². The van der Waals surface area contributed by atoms with Gasteiger partial charge in [0.25, 0.3) is 0 Å². The van der Waals surface area contributed by atoms with Gasteiger partial charge >= 0.3 is 6.09 Å². The minimum Gasteiger partial charge on any atom is -0.444 e. The number of amides is 3. The van der Waals surface area contributed by atoms with Gasteiger partial charge < -0.3 is 20.3 Å². The molecule has 0 bridgehead atoms. The van der Waals surface area contributed by atoms with E-state index in [-0.39, 0.29) is 24.4 Å². The summed E-state index contributed by atoms with van der Waals surface area (Å²) in [6, 6.07) is 6.26. The molecule has 0 aliphatic rings. The third kappa shape index (κ3) is 11.6. The molecule has 36 heavy (non-hydrogen) atoms. The summed E-state index contributed by atoms with van der Waals surface area (Å²) in [7, 11) is 0. The summed E-state index contributed by atoms with van der Waals surface area (Å²) >= 11 is 0. The summed E-state index contributed by atoms with van der Waals surface area (Å²) in [5.74, 6) is 1.99. The van der Waals surface area contributed by atoms with Crippen LogP contribution in [0.4, 0.5) is 4.79 Å². The molecule has 2 atom stereocenters. The molecule has 2 N–H and O–H groups in total. The number of rotatable bonds is 14. The molecule has 0 aliphatic heterocycles. The fraction of sp³-hybridized carbons (Fsp3) is 0.621. The molecule has 200 valence electrons. The topological polar surface area (TPSA) is 87.7 Å². The van der Waals surface area contributed by atoms with Crippen LogP contribution in [0, 0.1) is 12.3 Å². The van der Waals surface area contributed by atoms with E-state index in [1.807, 2.05) is 6.92 Å². The minimum absolute atomic E-state index is 0.0311.